The van der Waals surface area contributed by atoms with Crippen molar-refractivity contribution in [1.29, 1.82) is 0 Å². The molecule has 0 unspecified atom stereocenters. The first kappa shape index (κ1) is 9.86. The molecule has 0 radical (unpaired) electrons. The van der Waals surface area contributed by atoms with E-state index in [4.69, 9.17) is 0 Å². The number of rotatable bonds is 1. The lowest BCUT2D eigenvalue weighted by Gasteiger charge is -1.99. The molecule has 0 saturated heterocycles. The molecule has 3 rings (SSSR count). The highest BCUT2D eigenvalue weighted by Gasteiger charge is 2.09. The molecule has 0 bridgehead atoms. The number of thiophene rings is 1. The van der Waals surface area contributed by atoms with Crippen molar-refractivity contribution in [3.8, 4) is 11.1 Å². The van der Waals surface area contributed by atoms with E-state index in [1.165, 1.54) is 27.5 Å². The number of fused-ring (bicyclic) bond motifs is 3. The maximum absolute atomic E-state index is 2.28. The molecule has 0 spiro atoms. The predicted octanol–water partition coefficient (Wildman–Crippen LogP) is 5.13. The van der Waals surface area contributed by atoms with Crippen molar-refractivity contribution in [3.63, 3.8) is 0 Å². The van der Waals surface area contributed by atoms with Crippen LogP contribution < -0.4 is 0 Å². The summed E-state index contributed by atoms with van der Waals surface area (Å²) in [5, 5.41) is 7.23. The molecule has 0 aliphatic heterocycles. The van der Waals surface area contributed by atoms with E-state index in [1.54, 1.807) is 11.3 Å². The number of hydrogen-bond acceptors (Lipinski definition) is 1. The van der Waals surface area contributed by atoms with Gasteiger partial charge in [-0.25, -0.2) is 0 Å². The third-order valence-electron chi connectivity index (χ3n) is 3.17. The Bertz CT molecular complexity index is 604. The van der Waals surface area contributed by atoms with Crippen LogP contribution in [0, 0.1) is 0 Å². The van der Waals surface area contributed by atoms with E-state index < -0.39 is 0 Å². The molecule has 80 valence electrons. The van der Waals surface area contributed by atoms with E-state index >= 15 is 0 Å². The molecule has 16 heavy (non-hydrogen) atoms. The van der Waals surface area contributed by atoms with Crippen molar-refractivity contribution in [1.82, 2.24) is 0 Å². The average Bonchev–Trinajstić information content (AvgIpc) is 2.73. The Balaban J connectivity index is 2.30. The summed E-state index contributed by atoms with van der Waals surface area (Å²) in [4.78, 5) is 0. The lowest BCUT2D eigenvalue weighted by Crippen LogP contribution is -1.81. The van der Waals surface area contributed by atoms with Gasteiger partial charge in [-0.05, 0) is 44.8 Å². The maximum Gasteiger partial charge on any atom is 0.000205 e. The van der Waals surface area contributed by atoms with E-state index in [0.717, 1.165) is 0 Å². The molecule has 1 aromatic rings. The topological polar surface area (TPSA) is 0 Å². The molecular formula is C15H14S. The molecule has 0 fully saturated rings. The molecule has 1 heteroatoms. The second kappa shape index (κ2) is 3.60. The smallest absolute Gasteiger partial charge is 0.000205 e. The highest BCUT2D eigenvalue weighted by atomic mass is 32.1. The van der Waals surface area contributed by atoms with E-state index in [9.17, 15) is 0 Å². The van der Waals surface area contributed by atoms with Crippen LogP contribution >= 0.6 is 11.3 Å². The lowest BCUT2D eigenvalue weighted by atomic mass is 10.1. The third-order valence-corrected chi connectivity index (χ3v) is 3.93. The minimum Gasteiger partial charge on any atom is -0.151 e. The van der Waals surface area contributed by atoms with Gasteiger partial charge in [0.1, 0.15) is 0 Å². The van der Waals surface area contributed by atoms with Crippen LogP contribution in [0.3, 0.4) is 0 Å². The average molecular weight is 226 g/mol. The van der Waals surface area contributed by atoms with Crippen molar-refractivity contribution in [2.75, 3.05) is 0 Å². The molecule has 2 aliphatic rings. The van der Waals surface area contributed by atoms with Gasteiger partial charge in [0.2, 0.25) is 0 Å². The Labute approximate surface area is 99.9 Å². The molecule has 0 amide bonds. The Morgan fingerprint density at radius 1 is 1.00 bits per heavy atom. The maximum atomic E-state index is 2.28. The third kappa shape index (κ3) is 1.43. The first-order valence-electron chi connectivity index (χ1n) is 5.64. The Morgan fingerprint density at radius 2 is 1.81 bits per heavy atom. The summed E-state index contributed by atoms with van der Waals surface area (Å²) in [6.45, 7) is 4.47. The summed E-state index contributed by atoms with van der Waals surface area (Å²) in [6.07, 6.45) is 0. The summed E-state index contributed by atoms with van der Waals surface area (Å²) in [6, 6.07) is 11.3. The van der Waals surface area contributed by atoms with Crippen LogP contribution in [0.15, 0.2) is 41.1 Å². The predicted molar refractivity (Wildman–Crippen MR) is 72.5 cm³/mol. The standard InChI is InChI=1S/C15H14S/c1-10(2)11-3-4-12-7-13-8-16-9-15(13)14(12)6-5-11/h3-10H,1-2H3. The SMILES string of the molecule is CC(C)c1ccc2cc3cscc3c-2cc1. The van der Waals surface area contributed by atoms with Crippen LogP contribution in [0.4, 0.5) is 0 Å². The molecule has 0 atom stereocenters. The van der Waals surface area contributed by atoms with Crippen molar-refractivity contribution < 1.29 is 0 Å². The van der Waals surface area contributed by atoms with Gasteiger partial charge in [-0.1, -0.05) is 38.1 Å². The fourth-order valence-corrected chi connectivity index (χ4v) is 2.98. The first-order valence-corrected chi connectivity index (χ1v) is 6.58. The van der Waals surface area contributed by atoms with Crippen molar-refractivity contribution in [3.05, 3.63) is 46.7 Å². The second-order valence-electron chi connectivity index (χ2n) is 4.58. The molecule has 1 heterocycles. The highest BCUT2D eigenvalue weighted by molar-refractivity contribution is 7.09. The van der Waals surface area contributed by atoms with Crippen LogP contribution in [0.1, 0.15) is 25.3 Å². The summed E-state index contributed by atoms with van der Waals surface area (Å²) < 4.78 is 0. The molecule has 0 saturated carbocycles. The van der Waals surface area contributed by atoms with Crippen LogP contribution in [0.5, 0.6) is 0 Å². The van der Waals surface area contributed by atoms with Crippen molar-refractivity contribution >= 4 is 22.1 Å². The minimum atomic E-state index is 0.592. The molecule has 0 aromatic carbocycles. The van der Waals surface area contributed by atoms with E-state index in [0.29, 0.717) is 5.92 Å². The number of hydrogen-bond donors (Lipinski definition) is 0. The van der Waals surface area contributed by atoms with Crippen LogP contribution in [-0.2, 0) is 0 Å². The normalized spacial score (nSPS) is 11.7. The Kier molecular flexibility index (Phi) is 2.22. The van der Waals surface area contributed by atoms with Crippen LogP contribution in [-0.4, -0.2) is 0 Å². The summed E-state index contributed by atoms with van der Waals surface area (Å²) in [5.41, 5.74) is 4.13. The molecule has 0 nitrogen and oxygen atoms in total. The van der Waals surface area contributed by atoms with Crippen molar-refractivity contribution in [2.45, 2.75) is 19.8 Å². The van der Waals surface area contributed by atoms with Crippen LogP contribution in [0.2, 0.25) is 0 Å². The van der Waals surface area contributed by atoms with E-state index in [1.807, 2.05) is 0 Å². The monoisotopic (exact) mass is 226 g/mol. The fourth-order valence-electron chi connectivity index (χ4n) is 2.17. The Morgan fingerprint density at radius 3 is 2.62 bits per heavy atom. The van der Waals surface area contributed by atoms with E-state index in [2.05, 4.69) is 54.9 Å². The molecule has 2 aliphatic carbocycles. The summed E-state index contributed by atoms with van der Waals surface area (Å²) >= 11 is 1.78. The highest BCUT2D eigenvalue weighted by Crippen LogP contribution is 2.36. The van der Waals surface area contributed by atoms with Gasteiger partial charge in [-0.2, -0.15) is 11.3 Å². The van der Waals surface area contributed by atoms with Gasteiger partial charge in [0.05, 0.1) is 0 Å². The summed E-state index contributed by atoms with van der Waals surface area (Å²) in [7, 11) is 0. The minimum absolute atomic E-state index is 0.592. The van der Waals surface area contributed by atoms with E-state index in [-0.39, 0.29) is 0 Å². The molecule has 0 N–H and O–H groups in total. The molecular weight excluding hydrogens is 212 g/mol. The largest absolute Gasteiger partial charge is 0.151 e. The van der Waals surface area contributed by atoms with Crippen molar-refractivity contribution in [2.24, 2.45) is 0 Å². The van der Waals surface area contributed by atoms with Crippen LogP contribution in [0.25, 0.3) is 21.9 Å². The van der Waals surface area contributed by atoms with Gasteiger partial charge in [0, 0.05) is 5.39 Å². The van der Waals surface area contributed by atoms with Gasteiger partial charge in [-0.15, -0.1) is 0 Å². The quantitative estimate of drug-likeness (QED) is 0.539. The molecule has 1 aromatic heterocycles. The Hall–Kier alpha value is -1.34. The second-order valence-corrected chi connectivity index (χ2v) is 5.32. The van der Waals surface area contributed by atoms with Gasteiger partial charge in [-0.3, -0.25) is 0 Å². The van der Waals surface area contributed by atoms with Gasteiger partial charge in [0.25, 0.3) is 0 Å². The zero-order chi connectivity index (χ0) is 11.1. The van der Waals surface area contributed by atoms with Gasteiger partial charge in [0.15, 0.2) is 0 Å². The van der Waals surface area contributed by atoms with Gasteiger partial charge >= 0.3 is 0 Å². The fraction of sp³-hybridized carbons (Fsp3) is 0.200. The zero-order valence-electron chi connectivity index (χ0n) is 9.53. The lowest BCUT2D eigenvalue weighted by molar-refractivity contribution is 0.868. The van der Waals surface area contributed by atoms with Gasteiger partial charge < -0.3 is 0 Å². The summed E-state index contributed by atoms with van der Waals surface area (Å²) in [5.74, 6) is 0.592. The first-order chi connectivity index (χ1) is 7.75. The zero-order valence-corrected chi connectivity index (χ0v) is 10.3.